The maximum Gasteiger partial charge on any atom is -0.0129 e. The van der Waals surface area contributed by atoms with Crippen molar-refractivity contribution in [3.8, 4) is 0 Å². The average molecular weight is 203 g/mol. The molecule has 0 aliphatic heterocycles. The van der Waals surface area contributed by atoms with Crippen molar-refractivity contribution < 1.29 is 0 Å². The second kappa shape index (κ2) is 4.38. The number of benzene rings is 1. The molecule has 0 heterocycles. The van der Waals surface area contributed by atoms with Crippen LogP contribution in [0.5, 0.6) is 0 Å². The molecule has 83 valence electrons. The Labute approximate surface area is 94.7 Å². The van der Waals surface area contributed by atoms with Crippen LogP contribution in [0.4, 0.5) is 0 Å². The summed E-state index contributed by atoms with van der Waals surface area (Å²) in [4.78, 5) is 0. The molecule has 0 aromatic heterocycles. The lowest BCUT2D eigenvalue weighted by molar-refractivity contribution is 0.584. The van der Waals surface area contributed by atoms with Crippen molar-refractivity contribution in [3.63, 3.8) is 0 Å². The van der Waals surface area contributed by atoms with E-state index in [1.165, 1.54) is 11.1 Å². The monoisotopic (exact) mass is 203 g/mol. The third-order valence-electron chi connectivity index (χ3n) is 2.63. The Morgan fingerprint density at radius 2 is 1.80 bits per heavy atom. The summed E-state index contributed by atoms with van der Waals surface area (Å²) >= 11 is 0. The van der Waals surface area contributed by atoms with Gasteiger partial charge in [-0.2, -0.15) is 0 Å². The van der Waals surface area contributed by atoms with Gasteiger partial charge in [-0.25, -0.2) is 0 Å². The predicted octanol–water partition coefficient (Wildman–Crippen LogP) is 4.36. The van der Waals surface area contributed by atoms with E-state index in [0.29, 0.717) is 5.92 Å². The summed E-state index contributed by atoms with van der Waals surface area (Å²) in [5.74, 6) is 0.716. The van der Waals surface area contributed by atoms with Crippen molar-refractivity contribution in [1.82, 2.24) is 0 Å². The summed E-state index contributed by atoms with van der Waals surface area (Å²) in [6, 6.07) is 6.68. The van der Waals surface area contributed by atoms with Gasteiger partial charge in [0.2, 0.25) is 0 Å². The quantitative estimate of drug-likeness (QED) is 0.669. The zero-order valence-corrected chi connectivity index (χ0v) is 10.7. The van der Waals surface area contributed by atoms with Gasteiger partial charge in [-0.1, -0.05) is 52.8 Å². The summed E-state index contributed by atoms with van der Waals surface area (Å²) < 4.78 is 0. The SMILES string of the molecule is [CH2]c1ccc(CC(C)C)cc1C(C)(C)C. The van der Waals surface area contributed by atoms with Gasteiger partial charge in [0.05, 0.1) is 0 Å². The first-order valence-electron chi connectivity index (χ1n) is 5.76. The van der Waals surface area contributed by atoms with Crippen LogP contribution >= 0.6 is 0 Å². The summed E-state index contributed by atoms with van der Waals surface area (Å²) in [5, 5.41) is 0. The molecule has 0 atom stereocenters. The molecule has 0 nitrogen and oxygen atoms in total. The zero-order chi connectivity index (χ0) is 11.6. The fourth-order valence-corrected chi connectivity index (χ4v) is 1.92. The molecule has 1 rings (SSSR count). The van der Waals surface area contributed by atoms with E-state index >= 15 is 0 Å². The first-order valence-corrected chi connectivity index (χ1v) is 5.76. The third-order valence-corrected chi connectivity index (χ3v) is 2.63. The predicted molar refractivity (Wildman–Crippen MR) is 68.1 cm³/mol. The van der Waals surface area contributed by atoms with Crippen LogP contribution in [-0.4, -0.2) is 0 Å². The van der Waals surface area contributed by atoms with Gasteiger partial charge >= 0.3 is 0 Å². The van der Waals surface area contributed by atoms with Crippen molar-refractivity contribution in [2.24, 2.45) is 5.92 Å². The van der Waals surface area contributed by atoms with Crippen LogP contribution in [0, 0.1) is 12.8 Å². The molecule has 0 spiro atoms. The van der Waals surface area contributed by atoms with Gasteiger partial charge < -0.3 is 0 Å². The molecule has 15 heavy (non-hydrogen) atoms. The Kier molecular flexibility index (Phi) is 3.59. The highest BCUT2D eigenvalue weighted by Crippen LogP contribution is 2.27. The zero-order valence-electron chi connectivity index (χ0n) is 10.7. The first kappa shape index (κ1) is 12.3. The standard InChI is InChI=1S/C15H23/c1-11(2)9-13-8-7-12(3)14(10-13)15(4,5)6/h7-8,10-11H,3,9H2,1-2,4-6H3. The van der Waals surface area contributed by atoms with E-state index in [2.05, 4.69) is 59.7 Å². The fraction of sp³-hybridized carbons (Fsp3) is 0.533. The van der Waals surface area contributed by atoms with E-state index in [0.717, 1.165) is 12.0 Å². The Hall–Kier alpha value is -0.780. The van der Waals surface area contributed by atoms with E-state index in [4.69, 9.17) is 0 Å². The molecule has 0 saturated carbocycles. The summed E-state index contributed by atoms with van der Waals surface area (Å²) in [7, 11) is 0. The maximum atomic E-state index is 4.11. The van der Waals surface area contributed by atoms with Gasteiger partial charge in [-0.05, 0) is 41.4 Å². The molecule has 1 aromatic carbocycles. The second-order valence-corrected chi connectivity index (χ2v) is 5.84. The van der Waals surface area contributed by atoms with E-state index in [1.54, 1.807) is 0 Å². The molecule has 0 saturated heterocycles. The highest BCUT2D eigenvalue weighted by Gasteiger charge is 2.16. The van der Waals surface area contributed by atoms with Crippen LogP contribution in [-0.2, 0) is 11.8 Å². The van der Waals surface area contributed by atoms with Gasteiger partial charge in [0, 0.05) is 0 Å². The highest BCUT2D eigenvalue weighted by molar-refractivity contribution is 5.38. The van der Waals surface area contributed by atoms with Crippen molar-refractivity contribution >= 4 is 0 Å². The number of rotatable bonds is 2. The summed E-state index contributed by atoms with van der Waals surface area (Å²) in [6.07, 6.45) is 1.16. The second-order valence-electron chi connectivity index (χ2n) is 5.84. The minimum absolute atomic E-state index is 0.198. The minimum Gasteiger partial charge on any atom is -0.0625 e. The number of hydrogen-bond donors (Lipinski definition) is 0. The van der Waals surface area contributed by atoms with Crippen LogP contribution in [0.25, 0.3) is 0 Å². The van der Waals surface area contributed by atoms with Gasteiger partial charge in [0.25, 0.3) is 0 Å². The molecule has 0 aliphatic carbocycles. The van der Waals surface area contributed by atoms with E-state index in [-0.39, 0.29) is 5.41 Å². The van der Waals surface area contributed by atoms with E-state index in [1.807, 2.05) is 0 Å². The highest BCUT2D eigenvalue weighted by atomic mass is 14.2. The Bertz CT molecular complexity index is 326. The maximum absolute atomic E-state index is 4.11. The Balaban J connectivity index is 3.06. The normalized spacial score (nSPS) is 12.2. The molecule has 0 N–H and O–H groups in total. The van der Waals surface area contributed by atoms with Crippen LogP contribution < -0.4 is 0 Å². The van der Waals surface area contributed by atoms with Crippen molar-refractivity contribution in [2.75, 3.05) is 0 Å². The lowest BCUT2D eigenvalue weighted by Crippen LogP contribution is -2.13. The minimum atomic E-state index is 0.198. The molecule has 1 aromatic rings. The van der Waals surface area contributed by atoms with Crippen LogP contribution in [0.2, 0.25) is 0 Å². The lowest BCUT2D eigenvalue weighted by atomic mass is 9.82. The van der Waals surface area contributed by atoms with E-state index in [9.17, 15) is 0 Å². The van der Waals surface area contributed by atoms with Crippen LogP contribution in [0.1, 0.15) is 51.3 Å². The molecule has 0 heteroatoms. The molecule has 0 unspecified atom stereocenters. The molecule has 0 bridgehead atoms. The molecule has 0 amide bonds. The lowest BCUT2D eigenvalue weighted by Gasteiger charge is -2.22. The van der Waals surface area contributed by atoms with Crippen molar-refractivity contribution in [3.05, 3.63) is 41.8 Å². The third kappa shape index (κ3) is 3.37. The van der Waals surface area contributed by atoms with Gasteiger partial charge in [-0.3, -0.25) is 0 Å². The molecule has 0 fully saturated rings. The molecular weight excluding hydrogens is 180 g/mol. The van der Waals surface area contributed by atoms with Gasteiger partial charge in [0.15, 0.2) is 0 Å². The smallest absolute Gasteiger partial charge is 0.0129 e. The summed E-state index contributed by atoms with van der Waals surface area (Å²) in [6.45, 7) is 15.4. The molecule has 1 radical (unpaired) electrons. The molecule has 0 aliphatic rings. The summed E-state index contributed by atoms with van der Waals surface area (Å²) in [5.41, 5.74) is 4.17. The van der Waals surface area contributed by atoms with Crippen molar-refractivity contribution in [2.45, 2.75) is 46.5 Å². The van der Waals surface area contributed by atoms with Gasteiger partial charge in [-0.15, -0.1) is 0 Å². The largest absolute Gasteiger partial charge is 0.0625 e. The Morgan fingerprint density at radius 3 is 2.27 bits per heavy atom. The van der Waals surface area contributed by atoms with Crippen LogP contribution in [0.3, 0.4) is 0 Å². The van der Waals surface area contributed by atoms with Crippen molar-refractivity contribution in [1.29, 1.82) is 0 Å². The topological polar surface area (TPSA) is 0 Å². The van der Waals surface area contributed by atoms with Crippen LogP contribution in [0.15, 0.2) is 18.2 Å². The Morgan fingerprint density at radius 1 is 1.20 bits per heavy atom. The first-order chi connectivity index (χ1) is 6.80. The average Bonchev–Trinajstić information content (AvgIpc) is 2.05. The molecular formula is C15H23. The number of hydrogen-bond acceptors (Lipinski definition) is 0. The van der Waals surface area contributed by atoms with E-state index < -0.39 is 0 Å². The van der Waals surface area contributed by atoms with Gasteiger partial charge in [0.1, 0.15) is 0 Å². The fourth-order valence-electron chi connectivity index (χ4n) is 1.92.